The molecule has 0 aliphatic carbocycles. The zero-order chi connectivity index (χ0) is 12.4. The topological polar surface area (TPSA) is 46.3 Å². The maximum atomic E-state index is 13.1. The summed E-state index contributed by atoms with van der Waals surface area (Å²) in [4.78, 5) is 13.7. The molecule has 1 aromatic carbocycles. The summed E-state index contributed by atoms with van der Waals surface area (Å²) in [6.45, 7) is 1.30. The smallest absolute Gasteiger partial charge is 0.227 e. The molecule has 1 amide bonds. The Kier molecular flexibility index (Phi) is 5.56. The van der Waals surface area contributed by atoms with E-state index in [0.717, 1.165) is 10.9 Å². The average molecular weight is 338 g/mol. The molecule has 1 fully saturated rings. The Morgan fingerprint density at radius 1 is 1.56 bits per heavy atom. The zero-order valence-corrected chi connectivity index (χ0v) is 12.1. The number of amides is 1. The molecule has 100 valence electrons. The number of likely N-dealkylation sites (tertiary alicyclic amines) is 1. The van der Waals surface area contributed by atoms with Gasteiger partial charge in [0.1, 0.15) is 5.82 Å². The van der Waals surface area contributed by atoms with Crippen molar-refractivity contribution in [3.8, 4) is 0 Å². The number of halogens is 3. The van der Waals surface area contributed by atoms with E-state index < -0.39 is 0 Å². The van der Waals surface area contributed by atoms with Gasteiger partial charge in [0.15, 0.2) is 0 Å². The van der Waals surface area contributed by atoms with Crippen molar-refractivity contribution in [1.29, 1.82) is 0 Å². The minimum absolute atomic E-state index is 0. The zero-order valence-electron chi connectivity index (χ0n) is 9.73. The van der Waals surface area contributed by atoms with Crippen molar-refractivity contribution in [2.75, 3.05) is 13.1 Å². The summed E-state index contributed by atoms with van der Waals surface area (Å²) in [5.74, 6) is -0.321. The second kappa shape index (κ2) is 6.50. The van der Waals surface area contributed by atoms with Gasteiger partial charge in [-0.25, -0.2) is 4.39 Å². The Labute approximate surface area is 120 Å². The van der Waals surface area contributed by atoms with Gasteiger partial charge in [-0.2, -0.15) is 0 Å². The van der Waals surface area contributed by atoms with E-state index in [2.05, 4.69) is 15.9 Å². The fraction of sp³-hybridized carbons (Fsp3) is 0.417. The molecule has 1 heterocycles. The van der Waals surface area contributed by atoms with E-state index in [1.54, 1.807) is 11.0 Å². The molecule has 0 aromatic heterocycles. The molecule has 1 saturated heterocycles. The van der Waals surface area contributed by atoms with E-state index in [9.17, 15) is 9.18 Å². The number of hydrogen-bond donors (Lipinski definition) is 1. The lowest BCUT2D eigenvalue weighted by molar-refractivity contribution is -0.129. The van der Waals surface area contributed by atoms with Gasteiger partial charge in [-0.1, -0.05) is 15.9 Å². The van der Waals surface area contributed by atoms with Crippen molar-refractivity contribution < 1.29 is 9.18 Å². The third kappa shape index (κ3) is 3.67. The van der Waals surface area contributed by atoms with Crippen molar-refractivity contribution in [2.24, 2.45) is 5.73 Å². The van der Waals surface area contributed by atoms with Gasteiger partial charge in [0, 0.05) is 23.6 Å². The van der Waals surface area contributed by atoms with Gasteiger partial charge >= 0.3 is 0 Å². The first-order valence-corrected chi connectivity index (χ1v) is 6.33. The molecule has 0 radical (unpaired) electrons. The first kappa shape index (κ1) is 15.4. The fourth-order valence-electron chi connectivity index (χ4n) is 1.97. The molecule has 1 aliphatic rings. The second-order valence-electron chi connectivity index (χ2n) is 4.30. The van der Waals surface area contributed by atoms with E-state index in [4.69, 9.17) is 5.73 Å². The lowest BCUT2D eigenvalue weighted by Gasteiger charge is -2.16. The molecule has 2 rings (SSSR count). The van der Waals surface area contributed by atoms with E-state index in [0.29, 0.717) is 18.7 Å². The maximum Gasteiger partial charge on any atom is 0.227 e. The molecular formula is C12H15BrClFN2O. The van der Waals surface area contributed by atoms with E-state index in [1.165, 1.54) is 12.1 Å². The van der Waals surface area contributed by atoms with Crippen LogP contribution in [0.1, 0.15) is 12.0 Å². The highest BCUT2D eigenvalue weighted by Gasteiger charge is 2.23. The Hall–Kier alpha value is -0.650. The second-order valence-corrected chi connectivity index (χ2v) is 5.16. The minimum Gasteiger partial charge on any atom is -0.341 e. The third-order valence-electron chi connectivity index (χ3n) is 2.93. The Morgan fingerprint density at radius 2 is 2.28 bits per heavy atom. The lowest BCUT2D eigenvalue weighted by Crippen LogP contribution is -2.33. The summed E-state index contributed by atoms with van der Waals surface area (Å²) in [7, 11) is 0. The van der Waals surface area contributed by atoms with Crippen molar-refractivity contribution in [1.82, 2.24) is 4.90 Å². The van der Waals surface area contributed by atoms with Crippen LogP contribution in [0.15, 0.2) is 22.7 Å². The van der Waals surface area contributed by atoms with Gasteiger partial charge in [-0.15, -0.1) is 12.4 Å². The Morgan fingerprint density at radius 3 is 2.89 bits per heavy atom. The van der Waals surface area contributed by atoms with Gasteiger partial charge in [-0.05, 0) is 30.2 Å². The quantitative estimate of drug-likeness (QED) is 0.898. The van der Waals surface area contributed by atoms with Crippen LogP contribution in [-0.4, -0.2) is 29.9 Å². The van der Waals surface area contributed by atoms with Gasteiger partial charge in [0.2, 0.25) is 5.91 Å². The Balaban J connectivity index is 0.00000162. The summed E-state index contributed by atoms with van der Waals surface area (Å²) in [5, 5.41) is 0. The molecule has 2 N–H and O–H groups in total. The van der Waals surface area contributed by atoms with Gasteiger partial charge in [0.05, 0.1) is 6.42 Å². The summed E-state index contributed by atoms with van der Waals surface area (Å²) >= 11 is 3.32. The van der Waals surface area contributed by atoms with E-state index >= 15 is 0 Å². The average Bonchev–Trinajstić information content (AvgIpc) is 2.70. The summed E-state index contributed by atoms with van der Waals surface area (Å²) in [6.07, 6.45) is 1.06. The first-order chi connectivity index (χ1) is 8.06. The number of nitrogens with zero attached hydrogens (tertiary/aromatic N) is 1. The highest BCUT2D eigenvalue weighted by Crippen LogP contribution is 2.20. The van der Waals surface area contributed by atoms with Crippen LogP contribution in [0.25, 0.3) is 0 Å². The highest BCUT2D eigenvalue weighted by molar-refractivity contribution is 9.10. The molecule has 0 saturated carbocycles. The predicted molar refractivity (Wildman–Crippen MR) is 74.2 cm³/mol. The normalized spacial score (nSPS) is 18.6. The molecule has 1 aromatic rings. The molecule has 3 nitrogen and oxygen atoms in total. The first-order valence-electron chi connectivity index (χ1n) is 5.53. The molecular weight excluding hydrogens is 322 g/mol. The van der Waals surface area contributed by atoms with Crippen LogP contribution in [0.5, 0.6) is 0 Å². The molecule has 1 atom stereocenters. The van der Waals surface area contributed by atoms with Crippen LogP contribution in [0, 0.1) is 5.82 Å². The lowest BCUT2D eigenvalue weighted by atomic mass is 10.1. The van der Waals surface area contributed by atoms with Crippen LogP contribution in [0.2, 0.25) is 0 Å². The molecule has 6 heteroatoms. The van der Waals surface area contributed by atoms with Crippen LogP contribution < -0.4 is 5.73 Å². The summed E-state index contributed by atoms with van der Waals surface area (Å²) < 4.78 is 13.8. The van der Waals surface area contributed by atoms with Crippen molar-refractivity contribution >= 4 is 34.2 Å². The molecule has 0 unspecified atom stereocenters. The van der Waals surface area contributed by atoms with E-state index in [-0.39, 0.29) is 36.6 Å². The Bertz CT molecular complexity index is 444. The molecule has 0 bridgehead atoms. The molecule has 0 spiro atoms. The third-order valence-corrected chi connectivity index (χ3v) is 3.70. The largest absolute Gasteiger partial charge is 0.341 e. The summed E-state index contributed by atoms with van der Waals surface area (Å²) in [6, 6.07) is 4.45. The number of hydrogen-bond acceptors (Lipinski definition) is 2. The van der Waals surface area contributed by atoms with Gasteiger partial charge < -0.3 is 10.6 Å². The fourth-order valence-corrected chi connectivity index (χ4v) is 2.35. The van der Waals surface area contributed by atoms with Crippen molar-refractivity contribution in [3.05, 3.63) is 34.1 Å². The summed E-state index contributed by atoms with van der Waals surface area (Å²) in [5.41, 5.74) is 6.42. The van der Waals surface area contributed by atoms with E-state index in [1.807, 2.05) is 0 Å². The van der Waals surface area contributed by atoms with Crippen LogP contribution in [-0.2, 0) is 11.2 Å². The number of carbonyl (C=O) groups is 1. The highest BCUT2D eigenvalue weighted by atomic mass is 79.9. The SMILES string of the molecule is Cl.N[C@@H]1CCN(C(=O)Cc2cc(F)ccc2Br)C1. The number of carbonyl (C=O) groups excluding carboxylic acids is 1. The van der Waals surface area contributed by atoms with Gasteiger partial charge in [0.25, 0.3) is 0 Å². The monoisotopic (exact) mass is 336 g/mol. The van der Waals surface area contributed by atoms with Crippen molar-refractivity contribution in [2.45, 2.75) is 18.9 Å². The predicted octanol–water partition coefficient (Wildman–Crippen LogP) is 2.11. The number of nitrogens with two attached hydrogens (primary N) is 1. The van der Waals surface area contributed by atoms with Crippen LogP contribution in [0.3, 0.4) is 0 Å². The molecule has 1 aliphatic heterocycles. The van der Waals surface area contributed by atoms with Crippen LogP contribution in [0.4, 0.5) is 4.39 Å². The number of benzene rings is 1. The standard InChI is InChI=1S/C12H14BrFN2O.ClH/c13-11-2-1-9(14)5-8(11)6-12(17)16-4-3-10(15)7-16;/h1-2,5,10H,3-4,6-7,15H2;1H/t10-;/m1./s1. The van der Waals surface area contributed by atoms with Gasteiger partial charge in [-0.3, -0.25) is 4.79 Å². The van der Waals surface area contributed by atoms with Crippen LogP contribution >= 0.6 is 28.3 Å². The maximum absolute atomic E-state index is 13.1. The molecule has 18 heavy (non-hydrogen) atoms. The number of rotatable bonds is 2. The van der Waals surface area contributed by atoms with Crippen molar-refractivity contribution in [3.63, 3.8) is 0 Å². The minimum atomic E-state index is -0.325.